The molecule has 3 heterocycles. The molecule has 0 unspecified atom stereocenters. The average Bonchev–Trinajstić information content (AvgIpc) is 3.41. The average molecular weight is 671 g/mol. The number of hydrogen-bond donors (Lipinski definition) is 0. The number of fused-ring (bicyclic) bond motifs is 2. The van der Waals surface area contributed by atoms with Gasteiger partial charge in [0.25, 0.3) is 0 Å². The molecule has 0 aliphatic carbocycles. The van der Waals surface area contributed by atoms with Gasteiger partial charge in [-0.3, -0.25) is 9.59 Å². The van der Waals surface area contributed by atoms with Crippen LogP contribution in [0.5, 0.6) is 0 Å². The van der Waals surface area contributed by atoms with E-state index >= 15 is 0 Å². The molecule has 0 N–H and O–H groups in total. The van der Waals surface area contributed by atoms with Crippen LogP contribution in [-0.4, -0.2) is 34.0 Å². The summed E-state index contributed by atoms with van der Waals surface area (Å²) < 4.78 is 0. The number of carbonyl (C=O) groups is 2. The Labute approximate surface area is 290 Å². The minimum Gasteiger partial charge on any atom is -0.313 e. The van der Waals surface area contributed by atoms with Gasteiger partial charge in [0.15, 0.2) is 0 Å². The van der Waals surface area contributed by atoms with Gasteiger partial charge >= 0.3 is 0 Å². The van der Waals surface area contributed by atoms with E-state index in [4.69, 9.17) is 6.42 Å². The van der Waals surface area contributed by atoms with Crippen LogP contribution in [0.1, 0.15) is 30.7 Å². The number of amides is 2. The molecule has 6 nitrogen and oxygen atoms in total. The normalized spacial score (nSPS) is 14.2. The Morgan fingerprint density at radius 1 is 0.729 bits per heavy atom. The molecule has 48 heavy (non-hydrogen) atoms. The largest absolute Gasteiger partial charge is 0.313 e. The number of rotatable bonds is 2. The standard InChI is InChI=1S/C22H24N2OSi.C17H14N2OS.CH4/c1-17-15-22(25)23(2)20-12-11-18(13-14-26(3,4)5)16-21(20)24(17)19-9-7-6-8-10-19;1-4-14-11-15-17(21-14)19(13-8-6-5-7-9-13)12(2)10-16(20)18(15)3;/h6-12,16H,1,15H2,2-5H3;1,5-9,11H,2,10H2,3H3;1H4. The van der Waals surface area contributed by atoms with Crippen molar-refractivity contribution in [1.82, 2.24) is 0 Å². The fourth-order valence-electron chi connectivity index (χ4n) is 5.27. The van der Waals surface area contributed by atoms with Gasteiger partial charge in [0.05, 0.1) is 34.8 Å². The Bertz CT molecular complexity index is 1960. The Morgan fingerprint density at radius 2 is 1.25 bits per heavy atom. The van der Waals surface area contributed by atoms with E-state index in [1.54, 1.807) is 16.8 Å². The highest BCUT2D eigenvalue weighted by Gasteiger charge is 2.30. The molecule has 0 fully saturated rings. The first-order chi connectivity index (χ1) is 22.4. The lowest BCUT2D eigenvalue weighted by Gasteiger charge is -2.27. The fourth-order valence-corrected chi connectivity index (χ4v) is 6.85. The summed E-state index contributed by atoms with van der Waals surface area (Å²) in [4.78, 5) is 33.0. The van der Waals surface area contributed by atoms with Crippen molar-refractivity contribution in [1.29, 1.82) is 0 Å². The summed E-state index contributed by atoms with van der Waals surface area (Å²) in [5.41, 5.74) is 10.5. The Morgan fingerprint density at radius 3 is 1.79 bits per heavy atom. The van der Waals surface area contributed by atoms with E-state index in [1.165, 1.54) is 11.3 Å². The number of benzene rings is 3. The number of carbonyl (C=O) groups excluding carboxylic acids is 2. The summed E-state index contributed by atoms with van der Waals surface area (Å²) in [5, 5.41) is 0.938. The second-order valence-electron chi connectivity index (χ2n) is 12.4. The summed E-state index contributed by atoms with van der Waals surface area (Å²) in [7, 11) is 2.13. The Hall–Kier alpha value is -5.28. The molecule has 2 aliphatic heterocycles. The third-order valence-electron chi connectivity index (χ3n) is 7.68. The van der Waals surface area contributed by atoms with Crippen LogP contribution < -0.4 is 19.6 Å². The van der Waals surface area contributed by atoms with E-state index in [0.717, 1.165) is 55.3 Å². The van der Waals surface area contributed by atoms with Crippen molar-refractivity contribution in [3.05, 3.63) is 120 Å². The minimum absolute atomic E-state index is 0. The molecule has 0 spiro atoms. The zero-order valence-electron chi connectivity index (χ0n) is 27.5. The Kier molecular flexibility index (Phi) is 10.9. The lowest BCUT2D eigenvalue weighted by molar-refractivity contribution is -0.118. The van der Waals surface area contributed by atoms with Crippen molar-refractivity contribution in [2.75, 3.05) is 33.7 Å². The predicted molar refractivity (Wildman–Crippen MR) is 207 cm³/mol. The number of thiophene rings is 1. The van der Waals surface area contributed by atoms with Crippen LogP contribution in [0.3, 0.4) is 0 Å². The topological polar surface area (TPSA) is 47.1 Å². The number of terminal acetylenes is 1. The first kappa shape index (κ1) is 35.6. The third kappa shape index (κ3) is 7.64. The van der Waals surface area contributed by atoms with Crippen molar-refractivity contribution in [3.8, 4) is 23.8 Å². The third-order valence-corrected chi connectivity index (χ3v) is 9.60. The van der Waals surface area contributed by atoms with Crippen LogP contribution in [0.2, 0.25) is 19.6 Å². The van der Waals surface area contributed by atoms with Gasteiger partial charge in [-0.2, -0.15) is 0 Å². The molecule has 0 radical (unpaired) electrons. The highest BCUT2D eigenvalue weighted by atomic mass is 32.1. The molecule has 8 heteroatoms. The van der Waals surface area contributed by atoms with E-state index < -0.39 is 8.07 Å². The molecular weight excluding hydrogens is 629 g/mol. The van der Waals surface area contributed by atoms with Gasteiger partial charge in [-0.05, 0) is 48.5 Å². The van der Waals surface area contributed by atoms with E-state index in [2.05, 4.69) is 61.1 Å². The summed E-state index contributed by atoms with van der Waals surface area (Å²) in [6.45, 7) is 15.0. The van der Waals surface area contributed by atoms with Gasteiger partial charge in [0, 0.05) is 42.4 Å². The molecule has 2 aliphatic rings. The first-order valence-electron chi connectivity index (χ1n) is 15.2. The van der Waals surface area contributed by atoms with Crippen LogP contribution in [0.25, 0.3) is 0 Å². The first-order valence-corrected chi connectivity index (χ1v) is 19.6. The smallest absolute Gasteiger partial charge is 0.232 e. The van der Waals surface area contributed by atoms with Crippen LogP contribution >= 0.6 is 11.3 Å². The van der Waals surface area contributed by atoms with E-state index in [0.29, 0.717) is 0 Å². The molecule has 4 aromatic rings. The highest BCUT2D eigenvalue weighted by molar-refractivity contribution is 7.17. The molecular formula is C40H42N4O2SSi. The van der Waals surface area contributed by atoms with Crippen molar-refractivity contribution >= 4 is 64.7 Å². The lowest BCUT2D eigenvalue weighted by atomic mass is 10.1. The fraction of sp³-hybridized carbons (Fsp3) is 0.200. The van der Waals surface area contributed by atoms with Crippen LogP contribution in [0, 0.1) is 23.8 Å². The molecule has 0 atom stereocenters. The van der Waals surface area contributed by atoms with E-state index in [9.17, 15) is 9.59 Å². The van der Waals surface area contributed by atoms with E-state index in [1.807, 2.05) is 90.8 Å². The lowest BCUT2D eigenvalue weighted by Crippen LogP contribution is -2.24. The number of para-hydroxylation sites is 2. The number of hydrogen-bond acceptors (Lipinski definition) is 5. The highest BCUT2D eigenvalue weighted by Crippen LogP contribution is 2.46. The van der Waals surface area contributed by atoms with Gasteiger partial charge in [0.1, 0.15) is 13.1 Å². The van der Waals surface area contributed by atoms with Gasteiger partial charge in [0.2, 0.25) is 11.8 Å². The zero-order chi connectivity index (χ0) is 33.9. The SMILES string of the molecule is C.C#Cc1cc2c(s1)N(c1ccccc1)C(=C)CC(=O)N2C.C=C1CC(=O)N(C)c2ccc(C#C[Si](C)(C)C)cc2N1c1ccccc1. The van der Waals surface area contributed by atoms with Crippen molar-refractivity contribution in [3.63, 3.8) is 0 Å². The number of nitrogens with zero attached hydrogens (tertiary/aromatic N) is 4. The van der Waals surface area contributed by atoms with Crippen LogP contribution in [-0.2, 0) is 9.59 Å². The van der Waals surface area contributed by atoms with Gasteiger partial charge in [-0.15, -0.1) is 23.3 Å². The Balaban J connectivity index is 0.000000217. The van der Waals surface area contributed by atoms with Crippen molar-refractivity contribution in [2.45, 2.75) is 39.9 Å². The van der Waals surface area contributed by atoms with Crippen molar-refractivity contribution < 1.29 is 9.59 Å². The van der Waals surface area contributed by atoms with Gasteiger partial charge in [-0.25, -0.2) is 0 Å². The maximum absolute atomic E-state index is 12.5. The predicted octanol–water partition coefficient (Wildman–Crippen LogP) is 9.32. The zero-order valence-corrected chi connectivity index (χ0v) is 29.3. The van der Waals surface area contributed by atoms with Crippen LogP contribution in [0.4, 0.5) is 33.4 Å². The molecule has 0 bridgehead atoms. The molecule has 2 amide bonds. The van der Waals surface area contributed by atoms with Crippen molar-refractivity contribution in [2.24, 2.45) is 0 Å². The van der Waals surface area contributed by atoms with Gasteiger partial charge in [-0.1, -0.05) is 88.5 Å². The summed E-state index contributed by atoms with van der Waals surface area (Å²) in [6.07, 6.45) is 6.09. The molecule has 3 aromatic carbocycles. The van der Waals surface area contributed by atoms with E-state index in [-0.39, 0.29) is 32.1 Å². The second-order valence-corrected chi connectivity index (χ2v) is 18.2. The van der Waals surface area contributed by atoms with Crippen LogP contribution in [0.15, 0.2) is 109 Å². The molecule has 0 saturated carbocycles. The molecule has 1 aromatic heterocycles. The maximum atomic E-state index is 12.5. The number of anilines is 6. The summed E-state index contributed by atoms with van der Waals surface area (Å²) >= 11 is 1.50. The quantitative estimate of drug-likeness (QED) is 0.158. The summed E-state index contributed by atoms with van der Waals surface area (Å²) in [5.74, 6) is 6.02. The second kappa shape index (κ2) is 14.6. The molecule has 6 rings (SSSR count). The summed E-state index contributed by atoms with van der Waals surface area (Å²) in [6, 6.07) is 27.9. The maximum Gasteiger partial charge on any atom is 0.232 e. The van der Waals surface area contributed by atoms with Gasteiger partial charge < -0.3 is 19.6 Å². The monoisotopic (exact) mass is 670 g/mol. The molecule has 244 valence electrons. The minimum atomic E-state index is -1.46. The molecule has 0 saturated heterocycles.